The summed E-state index contributed by atoms with van der Waals surface area (Å²) in [6.45, 7) is 9.78. The van der Waals surface area contributed by atoms with Crippen LogP contribution in [-0.4, -0.2) is 5.92 Å². The number of fused-ring (bicyclic) bond motifs is 2. The second kappa shape index (κ2) is 12.4. The molecule has 2 aliphatic rings. The molecule has 2 unspecified atom stereocenters. The third-order valence-corrected chi connectivity index (χ3v) is 33.7. The van der Waals surface area contributed by atoms with Crippen molar-refractivity contribution in [2.75, 3.05) is 0 Å². The van der Waals surface area contributed by atoms with E-state index in [0.717, 1.165) is 7.25 Å². The van der Waals surface area contributed by atoms with Crippen molar-refractivity contribution in [1.82, 2.24) is 0 Å². The summed E-state index contributed by atoms with van der Waals surface area (Å²) in [6, 6.07) is 21.8. The number of hydrogen-bond acceptors (Lipinski definition) is 0. The molecule has 0 N–H and O–H groups in total. The molecule has 4 rings (SSSR count). The molecule has 0 saturated carbocycles. The molecule has 4 heteroatoms. The Morgan fingerprint density at radius 3 is 1.44 bits per heavy atom. The van der Waals surface area contributed by atoms with Crippen LogP contribution in [-0.2, 0) is 20.9 Å². The second-order valence-corrected chi connectivity index (χ2v) is 27.4. The van der Waals surface area contributed by atoms with E-state index in [0.29, 0.717) is 0 Å². The van der Waals surface area contributed by atoms with Crippen LogP contribution in [0.4, 0.5) is 0 Å². The van der Waals surface area contributed by atoms with E-state index in [4.69, 9.17) is 0 Å². The number of allylic oxidation sites excluding steroid dienone is 2. The maximum absolute atomic E-state index is 2.60. The molecule has 0 heterocycles. The van der Waals surface area contributed by atoms with Crippen LogP contribution in [0.5, 0.6) is 0 Å². The van der Waals surface area contributed by atoms with E-state index >= 15 is 0 Å². The molecule has 0 aliphatic heterocycles. The Hall–Kier alpha value is -1.12. The van der Waals surface area contributed by atoms with Gasteiger partial charge in [0.25, 0.3) is 0 Å². The summed E-state index contributed by atoms with van der Waals surface area (Å²) in [5, 5.41) is 0. The molecule has 0 spiro atoms. The van der Waals surface area contributed by atoms with Gasteiger partial charge < -0.3 is 9.41 Å². The first-order valence-corrected chi connectivity index (χ1v) is 21.5. The third-order valence-electron chi connectivity index (χ3n) is 7.24. The SMILES string of the molecule is CCCC1=Cc2ccccc2[CH]1[Zr+2]([CH]1C(CCC)=Cc2ccccc21)[SiH](CC)CC.[F-].[F-]. The Morgan fingerprint density at radius 2 is 1.06 bits per heavy atom. The first-order valence-electron chi connectivity index (χ1n) is 12.2. The van der Waals surface area contributed by atoms with Gasteiger partial charge in [0.15, 0.2) is 0 Å². The maximum atomic E-state index is 2.60. The molecule has 0 aromatic heterocycles. The largest absolute Gasteiger partial charge is 1.00 e. The Morgan fingerprint density at radius 1 is 0.656 bits per heavy atom. The van der Waals surface area contributed by atoms with Crippen LogP contribution < -0.4 is 9.41 Å². The second-order valence-electron chi connectivity index (χ2n) is 9.08. The summed E-state index contributed by atoms with van der Waals surface area (Å²) < 4.78 is 1.63. The average molecular weight is 531 g/mol. The molecule has 0 bridgehead atoms. The van der Waals surface area contributed by atoms with Crippen molar-refractivity contribution >= 4 is 18.1 Å². The zero-order chi connectivity index (χ0) is 21.1. The Bertz CT molecular complexity index is 876. The van der Waals surface area contributed by atoms with Gasteiger partial charge in [-0.3, -0.25) is 0 Å². The van der Waals surface area contributed by atoms with Crippen molar-refractivity contribution in [3.05, 3.63) is 81.9 Å². The van der Waals surface area contributed by atoms with Gasteiger partial charge in [-0.05, 0) is 0 Å². The third kappa shape index (κ3) is 5.02. The fourth-order valence-electron chi connectivity index (χ4n) is 5.97. The average Bonchev–Trinajstić information content (AvgIpc) is 3.30. The molecule has 0 radical (unpaired) electrons. The van der Waals surface area contributed by atoms with Crippen molar-refractivity contribution in [3.8, 4) is 0 Å². The van der Waals surface area contributed by atoms with Gasteiger partial charge in [0, 0.05) is 0 Å². The van der Waals surface area contributed by atoms with Gasteiger partial charge >= 0.3 is 194 Å². The minimum absolute atomic E-state index is 0. The Kier molecular flexibility index (Phi) is 10.5. The van der Waals surface area contributed by atoms with Crippen LogP contribution in [0.2, 0.25) is 12.1 Å². The van der Waals surface area contributed by atoms with Crippen LogP contribution in [0.25, 0.3) is 12.2 Å². The molecular weight excluding hydrogens is 494 g/mol. The fourth-order valence-corrected chi connectivity index (χ4v) is 34.1. The Balaban J connectivity index is 0.00000181. The topological polar surface area (TPSA) is 0 Å². The molecule has 0 nitrogen and oxygen atoms in total. The molecule has 32 heavy (non-hydrogen) atoms. The molecular formula is C28H37F2SiZr. The zero-order valence-electron chi connectivity index (χ0n) is 20.0. The van der Waals surface area contributed by atoms with Crippen molar-refractivity contribution in [2.24, 2.45) is 0 Å². The number of rotatable bonds is 9. The van der Waals surface area contributed by atoms with Gasteiger partial charge in [0.2, 0.25) is 0 Å². The molecule has 2 aromatic carbocycles. The van der Waals surface area contributed by atoms with E-state index in [-0.39, 0.29) is 9.41 Å². The van der Waals surface area contributed by atoms with Crippen LogP contribution in [0.15, 0.2) is 59.7 Å². The quantitative estimate of drug-likeness (QED) is 0.437. The predicted octanol–water partition coefficient (Wildman–Crippen LogP) is 2.25. The van der Waals surface area contributed by atoms with E-state index in [9.17, 15) is 0 Å². The van der Waals surface area contributed by atoms with Crippen LogP contribution >= 0.6 is 0 Å². The zero-order valence-corrected chi connectivity index (χ0v) is 23.6. The minimum Gasteiger partial charge on any atom is -1.00 e. The molecule has 2 aliphatic carbocycles. The molecule has 2 aromatic rings. The molecule has 171 valence electrons. The van der Waals surface area contributed by atoms with Crippen LogP contribution in [0, 0.1) is 0 Å². The summed E-state index contributed by atoms with van der Waals surface area (Å²) in [4.78, 5) is 0. The van der Waals surface area contributed by atoms with Gasteiger partial charge in [-0.15, -0.1) is 0 Å². The fraction of sp³-hybridized carbons (Fsp3) is 0.429. The van der Waals surface area contributed by atoms with E-state index < -0.39 is 26.8 Å². The van der Waals surface area contributed by atoms with E-state index in [1.54, 1.807) is 22.3 Å². The standard InChI is InChI=1S/2C12H13.C4H11Si.2FH.Zr/c2*1-2-5-10-8-11-6-3-4-7-12(11)9-10;1-3-5-4-2;;;/h2*3-4,6-9H,2,5H2,1H3;5H,3-4H2,1-2H3;2*1H;/q;;;;;+2/p-2. The summed E-state index contributed by atoms with van der Waals surface area (Å²) in [5.74, 6) is -0.743. The summed E-state index contributed by atoms with van der Waals surface area (Å²) in [6.07, 6.45) is 10.3. The summed E-state index contributed by atoms with van der Waals surface area (Å²) in [5.41, 5.74) is 10.1. The monoisotopic (exact) mass is 529 g/mol. The number of benzene rings is 2. The first kappa shape index (κ1) is 27.1. The minimum atomic E-state index is -1.89. The number of halogens is 2. The van der Waals surface area contributed by atoms with Gasteiger partial charge in [-0.2, -0.15) is 0 Å². The van der Waals surface area contributed by atoms with Crippen molar-refractivity contribution in [3.63, 3.8) is 0 Å². The summed E-state index contributed by atoms with van der Waals surface area (Å²) >= 11 is -1.89. The maximum Gasteiger partial charge on any atom is -1.00 e. The summed E-state index contributed by atoms with van der Waals surface area (Å²) in [7, 11) is 0. The van der Waals surface area contributed by atoms with Gasteiger partial charge in [0.1, 0.15) is 0 Å². The van der Waals surface area contributed by atoms with Gasteiger partial charge in [-0.1, -0.05) is 0 Å². The predicted molar refractivity (Wildman–Crippen MR) is 132 cm³/mol. The van der Waals surface area contributed by atoms with E-state index in [2.05, 4.69) is 88.4 Å². The van der Waals surface area contributed by atoms with Gasteiger partial charge in [0.05, 0.1) is 0 Å². The van der Waals surface area contributed by atoms with E-state index in [1.165, 1.54) is 48.9 Å². The number of hydrogen-bond donors (Lipinski definition) is 0. The first-order chi connectivity index (χ1) is 14.7. The molecule has 0 fully saturated rings. The van der Waals surface area contributed by atoms with Crippen LogP contribution in [0.1, 0.15) is 82.9 Å². The molecule has 0 amide bonds. The van der Waals surface area contributed by atoms with Crippen molar-refractivity contribution in [2.45, 2.75) is 72.7 Å². The van der Waals surface area contributed by atoms with Crippen LogP contribution in [0.3, 0.4) is 0 Å². The Labute approximate surface area is 202 Å². The molecule has 2 atom stereocenters. The van der Waals surface area contributed by atoms with Crippen molar-refractivity contribution in [1.29, 1.82) is 0 Å². The van der Waals surface area contributed by atoms with Crippen molar-refractivity contribution < 1.29 is 30.3 Å². The van der Waals surface area contributed by atoms with E-state index in [1.807, 2.05) is 0 Å². The van der Waals surface area contributed by atoms with Gasteiger partial charge in [-0.25, -0.2) is 0 Å². The smallest absolute Gasteiger partial charge is 1.00 e. The normalized spacial score (nSPS) is 18.3. The molecule has 0 saturated heterocycles.